The number of nitrogens with one attached hydrogen (secondary N) is 1. The van der Waals surface area contributed by atoms with Crippen molar-refractivity contribution >= 4 is 0 Å². The molecule has 3 heteroatoms. The summed E-state index contributed by atoms with van der Waals surface area (Å²) in [6.07, 6.45) is 6.07. The first-order valence-electron chi connectivity index (χ1n) is 5.82. The summed E-state index contributed by atoms with van der Waals surface area (Å²) in [4.78, 5) is 0. The van der Waals surface area contributed by atoms with E-state index in [0.717, 1.165) is 26.1 Å². The monoisotopic (exact) mass is 199 g/mol. The summed E-state index contributed by atoms with van der Waals surface area (Å²) in [5.41, 5.74) is 0. The fraction of sp³-hybridized carbons (Fsp3) is 1.00. The first kappa shape index (κ1) is 10.4. The van der Waals surface area contributed by atoms with Gasteiger partial charge in [-0.05, 0) is 26.2 Å². The molecule has 2 heterocycles. The summed E-state index contributed by atoms with van der Waals surface area (Å²) in [6.45, 7) is 5.02. The quantitative estimate of drug-likeness (QED) is 0.727. The van der Waals surface area contributed by atoms with Crippen LogP contribution in [-0.4, -0.2) is 38.0 Å². The molecule has 14 heavy (non-hydrogen) atoms. The van der Waals surface area contributed by atoms with E-state index in [-0.39, 0.29) is 0 Å². The van der Waals surface area contributed by atoms with Crippen LogP contribution in [0.15, 0.2) is 0 Å². The van der Waals surface area contributed by atoms with Gasteiger partial charge in [-0.15, -0.1) is 0 Å². The summed E-state index contributed by atoms with van der Waals surface area (Å²) in [5.74, 6) is 0. The molecule has 0 spiro atoms. The van der Waals surface area contributed by atoms with Gasteiger partial charge in [-0.1, -0.05) is 0 Å². The van der Waals surface area contributed by atoms with Crippen LogP contribution in [0.2, 0.25) is 0 Å². The second-order valence-electron chi connectivity index (χ2n) is 4.43. The summed E-state index contributed by atoms with van der Waals surface area (Å²) in [6, 6.07) is 0. The lowest BCUT2D eigenvalue weighted by atomic mass is 10.00. The van der Waals surface area contributed by atoms with Crippen LogP contribution in [0.3, 0.4) is 0 Å². The Morgan fingerprint density at radius 1 is 1.29 bits per heavy atom. The molecular formula is C11H21NO2. The predicted octanol–water partition coefficient (Wildman–Crippen LogP) is 1.32. The van der Waals surface area contributed by atoms with Crippen LogP contribution in [0.1, 0.15) is 32.6 Å². The van der Waals surface area contributed by atoms with Crippen molar-refractivity contribution in [2.45, 2.75) is 50.9 Å². The minimum Gasteiger partial charge on any atom is -0.375 e. The molecule has 0 amide bonds. The number of morpholine rings is 1. The van der Waals surface area contributed by atoms with Crippen molar-refractivity contribution in [3.8, 4) is 0 Å². The maximum Gasteiger partial charge on any atom is 0.0724 e. The second-order valence-corrected chi connectivity index (χ2v) is 4.43. The zero-order valence-corrected chi connectivity index (χ0v) is 9.00. The van der Waals surface area contributed by atoms with Gasteiger partial charge in [-0.2, -0.15) is 0 Å². The molecule has 0 aliphatic carbocycles. The Hall–Kier alpha value is -0.120. The van der Waals surface area contributed by atoms with Crippen molar-refractivity contribution in [3.05, 3.63) is 0 Å². The van der Waals surface area contributed by atoms with Gasteiger partial charge in [0, 0.05) is 19.5 Å². The van der Waals surface area contributed by atoms with E-state index >= 15 is 0 Å². The molecule has 0 bridgehead atoms. The summed E-state index contributed by atoms with van der Waals surface area (Å²) in [7, 11) is 0. The normalized spacial score (nSPS) is 39.6. The Kier molecular flexibility index (Phi) is 3.79. The SMILES string of the molecule is C[C@H]1CCCC(CC2CNCCO2)O1. The van der Waals surface area contributed by atoms with E-state index in [1.54, 1.807) is 0 Å². The van der Waals surface area contributed by atoms with Gasteiger partial charge in [0.1, 0.15) is 0 Å². The maximum absolute atomic E-state index is 5.88. The molecule has 2 unspecified atom stereocenters. The van der Waals surface area contributed by atoms with Crippen molar-refractivity contribution in [3.63, 3.8) is 0 Å². The van der Waals surface area contributed by atoms with E-state index < -0.39 is 0 Å². The van der Waals surface area contributed by atoms with Gasteiger partial charge in [0.2, 0.25) is 0 Å². The Labute approximate surface area is 86.2 Å². The summed E-state index contributed by atoms with van der Waals surface area (Å²) in [5, 5.41) is 3.36. The first-order valence-corrected chi connectivity index (χ1v) is 5.82. The lowest BCUT2D eigenvalue weighted by Crippen LogP contribution is -2.41. The van der Waals surface area contributed by atoms with Crippen molar-refractivity contribution in [2.75, 3.05) is 19.7 Å². The molecule has 0 aromatic rings. The topological polar surface area (TPSA) is 30.5 Å². The van der Waals surface area contributed by atoms with E-state index in [2.05, 4.69) is 12.2 Å². The highest BCUT2D eigenvalue weighted by atomic mass is 16.5. The van der Waals surface area contributed by atoms with Crippen LogP contribution >= 0.6 is 0 Å². The summed E-state index contributed by atoms with van der Waals surface area (Å²) < 4.78 is 11.6. The zero-order valence-electron chi connectivity index (χ0n) is 9.00. The van der Waals surface area contributed by atoms with Crippen molar-refractivity contribution in [1.82, 2.24) is 5.32 Å². The highest BCUT2D eigenvalue weighted by Gasteiger charge is 2.24. The molecule has 2 aliphatic rings. The molecule has 0 aromatic carbocycles. The molecule has 0 saturated carbocycles. The molecule has 1 N–H and O–H groups in total. The van der Waals surface area contributed by atoms with E-state index in [4.69, 9.17) is 9.47 Å². The van der Waals surface area contributed by atoms with Crippen LogP contribution in [0.5, 0.6) is 0 Å². The smallest absolute Gasteiger partial charge is 0.0724 e. The Morgan fingerprint density at radius 2 is 2.21 bits per heavy atom. The molecule has 2 fully saturated rings. The van der Waals surface area contributed by atoms with Gasteiger partial charge in [0.25, 0.3) is 0 Å². The third kappa shape index (κ3) is 2.94. The van der Waals surface area contributed by atoms with Crippen LogP contribution in [0, 0.1) is 0 Å². The third-order valence-corrected chi connectivity index (χ3v) is 3.09. The molecule has 0 radical (unpaired) electrons. The lowest BCUT2D eigenvalue weighted by Gasteiger charge is -2.32. The molecule has 0 aromatic heterocycles. The van der Waals surface area contributed by atoms with E-state index in [1.165, 1.54) is 19.3 Å². The average Bonchev–Trinajstić information content (AvgIpc) is 2.19. The highest BCUT2D eigenvalue weighted by Crippen LogP contribution is 2.22. The predicted molar refractivity (Wildman–Crippen MR) is 55.4 cm³/mol. The van der Waals surface area contributed by atoms with E-state index in [9.17, 15) is 0 Å². The molecule has 2 saturated heterocycles. The van der Waals surface area contributed by atoms with Crippen LogP contribution in [0.4, 0.5) is 0 Å². The minimum absolute atomic E-state index is 0.374. The lowest BCUT2D eigenvalue weighted by molar-refractivity contribution is -0.0761. The van der Waals surface area contributed by atoms with Crippen LogP contribution in [0.25, 0.3) is 0 Å². The van der Waals surface area contributed by atoms with Crippen LogP contribution < -0.4 is 5.32 Å². The highest BCUT2D eigenvalue weighted by molar-refractivity contribution is 4.75. The summed E-state index contributed by atoms with van der Waals surface area (Å²) >= 11 is 0. The number of rotatable bonds is 2. The van der Waals surface area contributed by atoms with Gasteiger partial charge in [0.05, 0.1) is 24.9 Å². The molecule has 2 aliphatic heterocycles. The molecule has 3 atom stereocenters. The Bertz CT molecular complexity index is 169. The Balaban J connectivity index is 1.72. The van der Waals surface area contributed by atoms with Gasteiger partial charge >= 0.3 is 0 Å². The fourth-order valence-corrected chi connectivity index (χ4v) is 2.34. The zero-order chi connectivity index (χ0) is 9.80. The largest absolute Gasteiger partial charge is 0.375 e. The number of hydrogen-bond acceptors (Lipinski definition) is 3. The standard InChI is InChI=1S/C11H21NO2/c1-9-3-2-4-10(14-9)7-11-8-12-5-6-13-11/h9-12H,2-8H2,1H3/t9-,10?,11?/m0/s1. The van der Waals surface area contributed by atoms with Gasteiger partial charge < -0.3 is 14.8 Å². The Morgan fingerprint density at radius 3 is 2.93 bits per heavy atom. The third-order valence-electron chi connectivity index (χ3n) is 3.09. The van der Waals surface area contributed by atoms with Gasteiger partial charge in [0.15, 0.2) is 0 Å². The molecule has 2 rings (SSSR count). The molecular weight excluding hydrogens is 178 g/mol. The van der Waals surface area contributed by atoms with Gasteiger partial charge in [-0.3, -0.25) is 0 Å². The first-order chi connectivity index (χ1) is 6.84. The van der Waals surface area contributed by atoms with Crippen LogP contribution in [-0.2, 0) is 9.47 Å². The van der Waals surface area contributed by atoms with Gasteiger partial charge in [-0.25, -0.2) is 0 Å². The average molecular weight is 199 g/mol. The molecule has 82 valence electrons. The fourth-order valence-electron chi connectivity index (χ4n) is 2.34. The minimum atomic E-state index is 0.374. The van der Waals surface area contributed by atoms with Crippen molar-refractivity contribution in [1.29, 1.82) is 0 Å². The van der Waals surface area contributed by atoms with Crippen molar-refractivity contribution < 1.29 is 9.47 Å². The van der Waals surface area contributed by atoms with E-state index in [0.29, 0.717) is 18.3 Å². The van der Waals surface area contributed by atoms with E-state index in [1.807, 2.05) is 0 Å². The maximum atomic E-state index is 5.88. The second kappa shape index (κ2) is 5.10. The number of ether oxygens (including phenoxy) is 2. The molecule has 3 nitrogen and oxygen atoms in total. The van der Waals surface area contributed by atoms with Crippen molar-refractivity contribution in [2.24, 2.45) is 0 Å². The number of hydrogen-bond donors (Lipinski definition) is 1.